The molecule has 1 atom stereocenters. The number of aromatic nitrogens is 2. The Morgan fingerprint density at radius 1 is 1.14 bits per heavy atom. The van der Waals surface area contributed by atoms with Crippen LogP contribution in [0.1, 0.15) is 95.2 Å². The van der Waals surface area contributed by atoms with Gasteiger partial charge >= 0.3 is 0 Å². The van der Waals surface area contributed by atoms with Crippen molar-refractivity contribution in [2.24, 2.45) is 5.92 Å². The van der Waals surface area contributed by atoms with E-state index >= 15 is 0 Å². The van der Waals surface area contributed by atoms with Gasteiger partial charge in [0.15, 0.2) is 5.82 Å². The number of carbonyl (C=O) groups excluding carboxylic acids is 1. The molecule has 6 nitrogen and oxygen atoms in total. The summed E-state index contributed by atoms with van der Waals surface area (Å²) in [5.74, 6) is 2.91. The van der Waals surface area contributed by atoms with E-state index in [0.29, 0.717) is 24.8 Å². The number of nitrogens with zero attached hydrogens (tertiary/aromatic N) is 3. The highest BCUT2D eigenvalue weighted by atomic mass is 16.5. The molecule has 1 saturated carbocycles. The van der Waals surface area contributed by atoms with Gasteiger partial charge in [0.1, 0.15) is 0 Å². The average molecular weight is 390 g/mol. The van der Waals surface area contributed by atoms with E-state index in [9.17, 15) is 4.79 Å². The number of piperidine rings is 1. The maximum Gasteiger partial charge on any atom is 0.229 e. The van der Waals surface area contributed by atoms with Crippen LogP contribution in [0, 0.1) is 5.92 Å². The molecule has 1 amide bonds. The van der Waals surface area contributed by atoms with Crippen molar-refractivity contribution in [3.05, 3.63) is 11.7 Å². The average Bonchev–Trinajstić information content (AvgIpc) is 3.25. The third kappa shape index (κ3) is 4.58. The minimum atomic E-state index is -0.203. The van der Waals surface area contributed by atoms with Gasteiger partial charge < -0.3 is 14.2 Å². The summed E-state index contributed by atoms with van der Waals surface area (Å²) in [7, 11) is 0. The molecule has 0 bridgehead atoms. The number of amides is 1. The Balaban J connectivity index is 1.35. The van der Waals surface area contributed by atoms with Gasteiger partial charge in [-0.1, -0.05) is 44.2 Å². The molecule has 3 aliphatic rings. The Morgan fingerprint density at radius 3 is 2.71 bits per heavy atom. The molecule has 2 aliphatic heterocycles. The van der Waals surface area contributed by atoms with Crippen LogP contribution in [0.3, 0.4) is 0 Å². The summed E-state index contributed by atoms with van der Waals surface area (Å²) in [4.78, 5) is 19.7. The number of rotatable bonds is 5. The van der Waals surface area contributed by atoms with Gasteiger partial charge in [-0.2, -0.15) is 4.98 Å². The number of hydrogen-bond acceptors (Lipinski definition) is 5. The van der Waals surface area contributed by atoms with Gasteiger partial charge in [-0.05, 0) is 38.0 Å². The second-order valence-corrected chi connectivity index (χ2v) is 9.37. The SMILES string of the molecule is CC1(c2noc(C3CCOCC3)n2)CCCN(C(=O)CCC2CCCCC2)C1. The van der Waals surface area contributed by atoms with Crippen LogP contribution in [0.2, 0.25) is 0 Å². The maximum absolute atomic E-state index is 12.9. The van der Waals surface area contributed by atoms with Gasteiger partial charge in [-0.15, -0.1) is 0 Å². The molecule has 1 aliphatic carbocycles. The third-order valence-electron chi connectivity index (χ3n) is 7.09. The molecule has 0 spiro atoms. The molecule has 156 valence electrons. The Labute approximate surface area is 168 Å². The Hall–Kier alpha value is -1.43. The minimum Gasteiger partial charge on any atom is -0.381 e. The molecule has 6 heteroatoms. The van der Waals surface area contributed by atoms with E-state index in [4.69, 9.17) is 14.2 Å². The van der Waals surface area contributed by atoms with Gasteiger partial charge in [0, 0.05) is 44.1 Å². The van der Waals surface area contributed by atoms with Crippen LogP contribution < -0.4 is 0 Å². The molecule has 3 fully saturated rings. The molecule has 0 radical (unpaired) electrons. The first-order chi connectivity index (χ1) is 13.6. The highest BCUT2D eigenvalue weighted by Crippen LogP contribution is 2.35. The quantitative estimate of drug-likeness (QED) is 0.755. The van der Waals surface area contributed by atoms with E-state index in [1.54, 1.807) is 0 Å². The Kier molecular flexibility index (Phi) is 6.34. The zero-order valence-corrected chi connectivity index (χ0v) is 17.3. The highest BCUT2D eigenvalue weighted by Gasteiger charge is 2.39. The zero-order chi connectivity index (χ0) is 19.4. The molecule has 3 heterocycles. The van der Waals surface area contributed by atoms with E-state index in [1.165, 1.54) is 32.1 Å². The summed E-state index contributed by atoms with van der Waals surface area (Å²) in [5, 5.41) is 4.34. The monoisotopic (exact) mass is 389 g/mol. The molecule has 1 aromatic heterocycles. The second kappa shape index (κ2) is 8.93. The summed E-state index contributed by atoms with van der Waals surface area (Å²) < 4.78 is 11.1. The van der Waals surface area contributed by atoms with Crippen molar-refractivity contribution >= 4 is 5.91 Å². The summed E-state index contributed by atoms with van der Waals surface area (Å²) in [6, 6.07) is 0. The third-order valence-corrected chi connectivity index (χ3v) is 7.09. The fourth-order valence-electron chi connectivity index (χ4n) is 5.19. The molecule has 0 aromatic carbocycles. The number of hydrogen-bond donors (Lipinski definition) is 0. The Bertz CT molecular complexity index is 649. The maximum atomic E-state index is 12.9. The summed E-state index contributed by atoms with van der Waals surface area (Å²) in [5.41, 5.74) is -0.203. The predicted molar refractivity (Wildman–Crippen MR) is 106 cm³/mol. The summed E-state index contributed by atoms with van der Waals surface area (Å²) in [6.45, 7) is 5.30. The fraction of sp³-hybridized carbons (Fsp3) is 0.864. The molecule has 0 N–H and O–H groups in total. The van der Waals surface area contributed by atoms with Crippen molar-refractivity contribution in [1.29, 1.82) is 0 Å². The zero-order valence-electron chi connectivity index (χ0n) is 17.3. The lowest BCUT2D eigenvalue weighted by atomic mass is 9.80. The minimum absolute atomic E-state index is 0.203. The first-order valence-corrected chi connectivity index (χ1v) is 11.3. The van der Waals surface area contributed by atoms with Crippen LogP contribution in [0.4, 0.5) is 0 Å². The van der Waals surface area contributed by atoms with Crippen molar-refractivity contribution in [3.8, 4) is 0 Å². The molecule has 1 unspecified atom stereocenters. The van der Waals surface area contributed by atoms with Crippen LogP contribution in [0.25, 0.3) is 0 Å². The van der Waals surface area contributed by atoms with Gasteiger partial charge in [0.2, 0.25) is 11.8 Å². The topological polar surface area (TPSA) is 68.5 Å². The largest absolute Gasteiger partial charge is 0.381 e. The van der Waals surface area contributed by atoms with Crippen molar-refractivity contribution < 1.29 is 14.1 Å². The lowest BCUT2D eigenvalue weighted by Gasteiger charge is -2.38. The number of ether oxygens (including phenoxy) is 1. The standard InChI is InChI=1S/C22H35N3O3/c1-22(21-23-20(28-24-21)18-10-14-27-15-11-18)12-5-13-25(16-22)19(26)9-8-17-6-3-2-4-7-17/h17-18H,2-16H2,1H3. The summed E-state index contributed by atoms with van der Waals surface area (Å²) in [6.07, 6.45) is 12.3. The van der Waals surface area contributed by atoms with Crippen LogP contribution in [-0.4, -0.2) is 47.3 Å². The number of carbonyl (C=O) groups is 1. The smallest absolute Gasteiger partial charge is 0.229 e. The predicted octanol–water partition coefficient (Wildman–Crippen LogP) is 4.20. The van der Waals surface area contributed by atoms with Crippen molar-refractivity contribution in [3.63, 3.8) is 0 Å². The van der Waals surface area contributed by atoms with Crippen LogP contribution in [0.15, 0.2) is 4.52 Å². The van der Waals surface area contributed by atoms with Crippen molar-refractivity contribution in [2.75, 3.05) is 26.3 Å². The first kappa shape index (κ1) is 19.9. The first-order valence-electron chi connectivity index (χ1n) is 11.3. The molecule has 1 aromatic rings. The molecule has 4 rings (SSSR count). The van der Waals surface area contributed by atoms with Gasteiger partial charge in [0.05, 0.1) is 0 Å². The Morgan fingerprint density at radius 2 is 1.93 bits per heavy atom. The fourth-order valence-corrected chi connectivity index (χ4v) is 5.19. The van der Waals surface area contributed by atoms with Gasteiger partial charge in [0.25, 0.3) is 0 Å². The van der Waals surface area contributed by atoms with Crippen molar-refractivity contribution in [1.82, 2.24) is 15.0 Å². The van der Waals surface area contributed by atoms with Gasteiger partial charge in [-0.25, -0.2) is 0 Å². The molecule has 2 saturated heterocycles. The molecule has 28 heavy (non-hydrogen) atoms. The molecular formula is C22H35N3O3. The van der Waals surface area contributed by atoms with E-state index in [-0.39, 0.29) is 5.41 Å². The van der Waals surface area contributed by atoms with Crippen LogP contribution >= 0.6 is 0 Å². The van der Waals surface area contributed by atoms with E-state index in [0.717, 1.165) is 69.5 Å². The van der Waals surface area contributed by atoms with E-state index in [1.807, 2.05) is 0 Å². The molecular weight excluding hydrogens is 354 g/mol. The number of likely N-dealkylation sites (tertiary alicyclic amines) is 1. The van der Waals surface area contributed by atoms with E-state index in [2.05, 4.69) is 17.0 Å². The lowest BCUT2D eigenvalue weighted by Crippen LogP contribution is -2.47. The van der Waals surface area contributed by atoms with Gasteiger partial charge in [-0.3, -0.25) is 4.79 Å². The normalized spacial score (nSPS) is 27.8. The lowest BCUT2D eigenvalue weighted by molar-refractivity contribution is -0.133. The highest BCUT2D eigenvalue weighted by molar-refractivity contribution is 5.76. The summed E-state index contributed by atoms with van der Waals surface area (Å²) >= 11 is 0. The van der Waals surface area contributed by atoms with Crippen LogP contribution in [0.5, 0.6) is 0 Å². The second-order valence-electron chi connectivity index (χ2n) is 9.37. The van der Waals surface area contributed by atoms with Crippen molar-refractivity contribution in [2.45, 2.75) is 88.9 Å². The van der Waals surface area contributed by atoms with E-state index < -0.39 is 0 Å². The van der Waals surface area contributed by atoms with Crippen LogP contribution in [-0.2, 0) is 14.9 Å².